The number of allylic oxidation sites excluding steroid dienone is 4. The molecule has 1 aromatic carbocycles. The van der Waals surface area contributed by atoms with Crippen LogP contribution in [0.1, 0.15) is 116 Å². The van der Waals surface area contributed by atoms with E-state index in [9.17, 15) is 71.3 Å². The second kappa shape index (κ2) is 25.6. The number of benzene rings is 1. The molecular weight excluding hydrogens is 898 g/mol. The van der Waals surface area contributed by atoms with Crippen molar-refractivity contribution < 1.29 is 71.3 Å². The Balaban J connectivity index is 2.45. The van der Waals surface area contributed by atoms with Crippen LogP contribution < -0.4 is 31.9 Å². The van der Waals surface area contributed by atoms with Crippen LogP contribution >= 0.6 is 0 Å². The van der Waals surface area contributed by atoms with Gasteiger partial charge in [-0.15, -0.1) is 0 Å². The summed E-state index contributed by atoms with van der Waals surface area (Å²) in [7, 11) is 0. The van der Waals surface area contributed by atoms with Gasteiger partial charge in [0.2, 0.25) is 35.4 Å². The zero-order valence-electron chi connectivity index (χ0n) is 39.6. The molecule has 68 heavy (non-hydrogen) atoms. The number of aldehydes is 1. The second-order valence-electron chi connectivity index (χ2n) is 19.0. The molecule has 0 saturated heterocycles. The van der Waals surface area contributed by atoms with E-state index in [1.807, 2.05) is 32.2 Å². The van der Waals surface area contributed by atoms with E-state index >= 15 is 0 Å². The Hall–Kier alpha value is -6.41. The molecule has 0 spiro atoms. The Labute approximate surface area is 393 Å². The molecule has 0 aliphatic heterocycles. The number of aryl methyl sites for hydroxylation is 1. The molecule has 1 aromatic rings. The molecule has 21 heteroatoms. The van der Waals surface area contributed by atoms with Crippen molar-refractivity contribution in [3.63, 3.8) is 0 Å². The van der Waals surface area contributed by atoms with Crippen molar-refractivity contribution in [2.24, 2.45) is 22.7 Å². The summed E-state index contributed by atoms with van der Waals surface area (Å²) >= 11 is 0. The fourth-order valence-corrected chi connectivity index (χ4v) is 7.13. The van der Waals surface area contributed by atoms with Gasteiger partial charge in [0.1, 0.15) is 36.5 Å². The van der Waals surface area contributed by atoms with E-state index in [4.69, 9.17) is 0 Å². The molecule has 8 N–H and O–H groups in total. The van der Waals surface area contributed by atoms with Gasteiger partial charge in [-0.25, -0.2) is 0 Å². The standard InChI is InChI=1S/C47H65F3N6O12/c1-26(2)21-32(41(65)51-30(25-57)24-47(48,49)50)55-44(68)39(45(4,5)6)56-43(67)33(22-29-11-9-10-20-46(29,7)8)54-40(64)31(16-19-37(60)61)53-42(66)34(23-38(62)63)52-36(59)18-17-35(58)28-14-12-27(3)13-15-28/h9-15,20,25-26,29-34,39H,16-19,21-24H2,1-8H3,(H,51,65)(H,52,59)(H,53,66)(H,54,64)(H,55,68)(H,56,67)(H,60,61)(H,62,63)/t29?,30?,31-,32-,33-,34-,39+/m0/s1. The van der Waals surface area contributed by atoms with Crippen LogP contribution in [-0.4, -0.2) is 112 Å². The van der Waals surface area contributed by atoms with Crippen molar-refractivity contribution in [3.05, 3.63) is 59.7 Å². The lowest BCUT2D eigenvalue weighted by molar-refractivity contribution is -0.147. The number of nitrogens with one attached hydrogen (secondary N) is 6. The predicted octanol–water partition coefficient (Wildman–Crippen LogP) is 3.61. The molecule has 0 saturated carbocycles. The number of aliphatic carboxylic acids is 2. The van der Waals surface area contributed by atoms with Crippen molar-refractivity contribution in [1.82, 2.24) is 31.9 Å². The maximum absolute atomic E-state index is 14.4. The van der Waals surface area contributed by atoms with Gasteiger partial charge in [0.05, 0.1) is 18.9 Å². The smallest absolute Gasteiger partial charge is 0.391 e. The Morgan fingerprint density at radius 2 is 1.26 bits per heavy atom. The number of carbonyl (C=O) groups excluding carboxylic acids is 8. The Morgan fingerprint density at radius 3 is 1.79 bits per heavy atom. The summed E-state index contributed by atoms with van der Waals surface area (Å²) in [6.45, 7) is 13.6. The monoisotopic (exact) mass is 962 g/mol. The topological polar surface area (TPSA) is 283 Å². The van der Waals surface area contributed by atoms with E-state index < -0.39 is 144 Å². The summed E-state index contributed by atoms with van der Waals surface area (Å²) in [5.41, 5.74) is -0.506. The average molecular weight is 963 g/mol. The Morgan fingerprint density at radius 1 is 0.706 bits per heavy atom. The molecule has 376 valence electrons. The average Bonchev–Trinajstić information content (AvgIpc) is 3.21. The fraction of sp³-hybridized carbons (Fsp3) is 0.574. The molecule has 6 amide bonds. The lowest BCUT2D eigenvalue weighted by atomic mass is 9.73. The van der Waals surface area contributed by atoms with Crippen LogP contribution in [0, 0.1) is 29.6 Å². The molecule has 2 unspecified atom stereocenters. The molecule has 0 heterocycles. The van der Waals surface area contributed by atoms with E-state index in [1.165, 1.54) is 0 Å². The molecule has 1 aliphatic rings. The van der Waals surface area contributed by atoms with Gasteiger partial charge in [-0.2, -0.15) is 13.2 Å². The van der Waals surface area contributed by atoms with Gasteiger partial charge in [-0.3, -0.25) is 43.2 Å². The number of carboxylic acids is 2. The van der Waals surface area contributed by atoms with Crippen LogP contribution in [0.25, 0.3) is 0 Å². The van der Waals surface area contributed by atoms with E-state index in [-0.39, 0.29) is 31.5 Å². The number of ketones is 1. The zero-order valence-corrected chi connectivity index (χ0v) is 39.6. The Kier molecular flexibility index (Phi) is 21.8. The predicted molar refractivity (Wildman–Crippen MR) is 241 cm³/mol. The summed E-state index contributed by atoms with van der Waals surface area (Å²) in [6.07, 6.45) is -2.57. The van der Waals surface area contributed by atoms with E-state index in [1.54, 1.807) is 77.1 Å². The molecule has 0 bridgehead atoms. The van der Waals surface area contributed by atoms with Crippen LogP contribution in [0.15, 0.2) is 48.6 Å². The van der Waals surface area contributed by atoms with Crippen LogP contribution in [0.4, 0.5) is 13.2 Å². The van der Waals surface area contributed by atoms with Crippen molar-refractivity contribution in [3.8, 4) is 0 Å². The minimum Gasteiger partial charge on any atom is -0.481 e. The fourth-order valence-electron chi connectivity index (χ4n) is 7.13. The highest BCUT2D eigenvalue weighted by Crippen LogP contribution is 2.36. The third-order valence-corrected chi connectivity index (χ3v) is 11.0. The highest BCUT2D eigenvalue weighted by molar-refractivity contribution is 6.00. The number of amides is 6. The van der Waals surface area contributed by atoms with Crippen molar-refractivity contribution in [2.75, 3.05) is 0 Å². The largest absolute Gasteiger partial charge is 0.481 e. The van der Waals surface area contributed by atoms with Crippen LogP contribution in [0.5, 0.6) is 0 Å². The summed E-state index contributed by atoms with van der Waals surface area (Å²) in [4.78, 5) is 130. The molecule has 0 fully saturated rings. The highest BCUT2D eigenvalue weighted by Gasteiger charge is 2.40. The molecule has 7 atom stereocenters. The zero-order chi connectivity index (χ0) is 51.7. The van der Waals surface area contributed by atoms with E-state index in [0.717, 1.165) is 5.56 Å². The lowest BCUT2D eigenvalue weighted by Crippen LogP contribution is -2.62. The minimum atomic E-state index is -4.80. The number of alkyl halides is 3. The van der Waals surface area contributed by atoms with Gasteiger partial charge in [-0.05, 0) is 48.9 Å². The van der Waals surface area contributed by atoms with Gasteiger partial charge in [0.15, 0.2) is 5.78 Å². The lowest BCUT2D eigenvalue weighted by Gasteiger charge is -2.36. The number of rotatable bonds is 26. The maximum atomic E-state index is 14.4. The first kappa shape index (κ1) is 57.7. The van der Waals surface area contributed by atoms with Crippen molar-refractivity contribution in [1.29, 1.82) is 0 Å². The molecule has 18 nitrogen and oxygen atoms in total. The number of carbonyl (C=O) groups is 10. The van der Waals surface area contributed by atoms with Gasteiger partial charge < -0.3 is 46.9 Å². The maximum Gasteiger partial charge on any atom is 0.391 e. The first-order valence-electron chi connectivity index (χ1n) is 22.1. The number of carboxylic acid groups (broad SMARTS) is 2. The third-order valence-electron chi connectivity index (χ3n) is 11.0. The van der Waals surface area contributed by atoms with Crippen LogP contribution in [-0.2, 0) is 43.2 Å². The summed E-state index contributed by atoms with van der Waals surface area (Å²) in [5.74, 6) is -10.2. The van der Waals surface area contributed by atoms with Gasteiger partial charge in [0.25, 0.3) is 0 Å². The number of hydrogen-bond donors (Lipinski definition) is 8. The third kappa shape index (κ3) is 20.2. The SMILES string of the molecule is Cc1ccc(C(=O)CCC(=O)N[C@@H](CC(=O)O)C(=O)N[C@@H](CCC(=O)O)C(=O)N[C@@H](CC2C=CC=CC2(C)C)C(=O)N[C@H](C(=O)N[C@@H](CC(C)C)C(=O)NC(C=O)CC(F)(F)F)C(C)(C)C)cc1. The van der Waals surface area contributed by atoms with E-state index in [2.05, 4.69) is 26.6 Å². The van der Waals surface area contributed by atoms with Gasteiger partial charge in [0, 0.05) is 24.8 Å². The molecular formula is C47H65F3N6O12. The summed E-state index contributed by atoms with van der Waals surface area (Å²) in [5, 5.41) is 33.4. The summed E-state index contributed by atoms with van der Waals surface area (Å²) in [6, 6.07) is -3.35. The molecule has 0 radical (unpaired) electrons. The van der Waals surface area contributed by atoms with E-state index in [0.29, 0.717) is 5.56 Å². The summed E-state index contributed by atoms with van der Waals surface area (Å²) < 4.78 is 39.3. The normalized spacial score (nSPS) is 17.0. The number of halogens is 3. The molecule has 2 rings (SSSR count). The quantitative estimate of drug-likeness (QED) is 0.0489. The van der Waals surface area contributed by atoms with Crippen LogP contribution in [0.2, 0.25) is 0 Å². The molecule has 1 aliphatic carbocycles. The molecule has 0 aromatic heterocycles. The number of Topliss-reactive ketones (excluding diaryl/α,β-unsaturated/α-hetero) is 1. The minimum absolute atomic E-state index is 0.0748. The van der Waals surface area contributed by atoms with Gasteiger partial charge >= 0.3 is 18.1 Å². The second-order valence-corrected chi connectivity index (χ2v) is 19.0. The van der Waals surface area contributed by atoms with Gasteiger partial charge in [-0.1, -0.05) is 103 Å². The first-order valence-corrected chi connectivity index (χ1v) is 22.1. The number of hydrogen-bond acceptors (Lipinski definition) is 10. The Bertz CT molecular complexity index is 2060. The highest BCUT2D eigenvalue weighted by atomic mass is 19.4. The first-order chi connectivity index (χ1) is 31.4. The van der Waals surface area contributed by atoms with Crippen molar-refractivity contribution >= 4 is 59.5 Å². The van der Waals surface area contributed by atoms with Crippen LogP contribution in [0.3, 0.4) is 0 Å². The van der Waals surface area contributed by atoms with Crippen molar-refractivity contribution in [2.45, 2.75) is 149 Å².